The van der Waals surface area contributed by atoms with E-state index in [9.17, 15) is 29.8 Å². The monoisotopic (exact) mass is 414 g/mol. The quantitative estimate of drug-likeness (QED) is 0.277. The molecule has 0 aliphatic heterocycles. The van der Waals surface area contributed by atoms with Crippen molar-refractivity contribution in [3.8, 4) is 0 Å². The van der Waals surface area contributed by atoms with E-state index in [4.69, 9.17) is 9.47 Å². The van der Waals surface area contributed by atoms with Gasteiger partial charge >= 0.3 is 11.9 Å². The number of nitro benzene ring substituents is 2. The summed E-state index contributed by atoms with van der Waals surface area (Å²) in [6, 6.07) is 11.2. The van der Waals surface area contributed by atoms with Crippen molar-refractivity contribution in [2.24, 2.45) is 5.92 Å². The lowest BCUT2D eigenvalue weighted by atomic mass is 9.85. The molecule has 0 heterocycles. The molecule has 2 rings (SSSR count). The van der Waals surface area contributed by atoms with E-state index in [1.54, 1.807) is 6.07 Å². The molecule has 0 amide bonds. The Morgan fingerprint density at radius 1 is 0.900 bits per heavy atom. The van der Waals surface area contributed by atoms with Crippen molar-refractivity contribution in [3.63, 3.8) is 0 Å². The third-order valence-corrected chi connectivity index (χ3v) is 4.31. The first-order valence-corrected chi connectivity index (χ1v) is 8.61. The van der Waals surface area contributed by atoms with Crippen LogP contribution in [0.2, 0.25) is 0 Å². The number of rotatable bonds is 8. The van der Waals surface area contributed by atoms with Crippen molar-refractivity contribution in [1.29, 1.82) is 0 Å². The van der Waals surface area contributed by atoms with Gasteiger partial charge in [-0.1, -0.05) is 36.4 Å². The van der Waals surface area contributed by atoms with Gasteiger partial charge in [0, 0.05) is 30.2 Å². The molecule has 0 saturated heterocycles. The molecule has 1 atom stereocenters. The van der Waals surface area contributed by atoms with Gasteiger partial charge in [0.1, 0.15) is 0 Å². The fourth-order valence-corrected chi connectivity index (χ4v) is 2.86. The molecule has 0 aliphatic carbocycles. The summed E-state index contributed by atoms with van der Waals surface area (Å²) in [6.45, 7) is 0. The number of nitrogens with zero attached hydrogens (tertiary/aromatic N) is 2. The lowest BCUT2D eigenvalue weighted by Crippen LogP contribution is -2.31. The fraction of sp³-hybridized carbons (Fsp3) is 0.200. The van der Waals surface area contributed by atoms with Gasteiger partial charge in [-0.2, -0.15) is 0 Å². The summed E-state index contributed by atoms with van der Waals surface area (Å²) >= 11 is 0. The molecule has 0 bridgehead atoms. The number of esters is 2. The van der Waals surface area contributed by atoms with Crippen LogP contribution in [0.3, 0.4) is 0 Å². The topological polar surface area (TPSA) is 139 Å². The zero-order valence-corrected chi connectivity index (χ0v) is 16.1. The number of hydrogen-bond donors (Lipinski definition) is 0. The van der Waals surface area contributed by atoms with Crippen LogP contribution in [0.1, 0.15) is 17.0 Å². The van der Waals surface area contributed by atoms with E-state index in [0.717, 1.165) is 14.2 Å². The van der Waals surface area contributed by atoms with Crippen molar-refractivity contribution >= 4 is 29.4 Å². The SMILES string of the molecule is COC(=O)C(C(=O)OC)C(/C=C/c1cccc([N+](=O)[O-])c1)c1cccc([N+](=O)[O-])c1. The summed E-state index contributed by atoms with van der Waals surface area (Å²) in [5.74, 6) is -4.19. The summed E-state index contributed by atoms with van der Waals surface area (Å²) in [4.78, 5) is 45.6. The van der Waals surface area contributed by atoms with E-state index in [2.05, 4.69) is 0 Å². The number of allylic oxidation sites excluding steroid dienone is 1. The molecule has 0 aromatic heterocycles. The summed E-state index contributed by atoms with van der Waals surface area (Å²) in [6.07, 6.45) is 2.94. The van der Waals surface area contributed by atoms with Gasteiger partial charge < -0.3 is 9.47 Å². The van der Waals surface area contributed by atoms with Crippen LogP contribution in [0.15, 0.2) is 54.6 Å². The summed E-state index contributed by atoms with van der Waals surface area (Å²) < 4.78 is 9.44. The molecule has 0 aliphatic rings. The van der Waals surface area contributed by atoms with Gasteiger partial charge in [0.05, 0.1) is 24.1 Å². The molecule has 156 valence electrons. The van der Waals surface area contributed by atoms with Gasteiger partial charge in [0.15, 0.2) is 5.92 Å². The van der Waals surface area contributed by atoms with Crippen molar-refractivity contribution in [3.05, 3.63) is 86.0 Å². The molecule has 0 N–H and O–H groups in total. The summed E-state index contributed by atoms with van der Waals surface area (Å²) in [5.41, 5.74) is 0.371. The Kier molecular flexibility index (Phi) is 7.34. The van der Waals surface area contributed by atoms with E-state index < -0.39 is 33.6 Å². The number of benzene rings is 2. The van der Waals surface area contributed by atoms with Gasteiger partial charge in [-0.05, 0) is 11.1 Å². The molecule has 10 heteroatoms. The highest BCUT2D eigenvalue weighted by Crippen LogP contribution is 2.31. The van der Waals surface area contributed by atoms with E-state index in [1.165, 1.54) is 54.6 Å². The second-order valence-corrected chi connectivity index (χ2v) is 6.11. The maximum absolute atomic E-state index is 12.3. The number of hydrogen-bond acceptors (Lipinski definition) is 8. The second-order valence-electron chi connectivity index (χ2n) is 6.11. The van der Waals surface area contributed by atoms with Gasteiger partial charge in [-0.25, -0.2) is 0 Å². The molecule has 10 nitrogen and oxygen atoms in total. The van der Waals surface area contributed by atoms with Crippen molar-refractivity contribution in [1.82, 2.24) is 0 Å². The second kappa shape index (κ2) is 9.92. The van der Waals surface area contributed by atoms with Crippen LogP contribution in [-0.4, -0.2) is 36.0 Å². The molecule has 0 radical (unpaired) electrons. The van der Waals surface area contributed by atoms with Gasteiger partial charge in [-0.15, -0.1) is 0 Å². The van der Waals surface area contributed by atoms with E-state index in [1.807, 2.05) is 0 Å². The number of ether oxygens (including phenoxy) is 2. The smallest absolute Gasteiger partial charge is 0.321 e. The molecule has 2 aromatic carbocycles. The molecular weight excluding hydrogens is 396 g/mol. The first kappa shape index (κ1) is 22.2. The van der Waals surface area contributed by atoms with E-state index in [0.29, 0.717) is 11.1 Å². The Morgan fingerprint density at radius 3 is 1.97 bits per heavy atom. The minimum Gasteiger partial charge on any atom is -0.468 e. The van der Waals surface area contributed by atoms with Crippen LogP contribution in [0.5, 0.6) is 0 Å². The largest absolute Gasteiger partial charge is 0.468 e. The van der Waals surface area contributed by atoms with Crippen LogP contribution in [-0.2, 0) is 19.1 Å². The van der Waals surface area contributed by atoms with Crippen LogP contribution in [0, 0.1) is 26.1 Å². The Balaban J connectivity index is 2.57. The average molecular weight is 414 g/mol. The Morgan fingerprint density at radius 2 is 1.43 bits per heavy atom. The molecule has 2 aromatic rings. The maximum atomic E-state index is 12.3. The lowest BCUT2D eigenvalue weighted by Gasteiger charge is -2.21. The predicted molar refractivity (Wildman–Crippen MR) is 105 cm³/mol. The number of nitro groups is 2. The Bertz CT molecular complexity index is 986. The van der Waals surface area contributed by atoms with Gasteiger partial charge in [0.25, 0.3) is 11.4 Å². The zero-order valence-electron chi connectivity index (χ0n) is 16.1. The highest BCUT2D eigenvalue weighted by molar-refractivity contribution is 5.96. The van der Waals surface area contributed by atoms with E-state index >= 15 is 0 Å². The number of non-ortho nitro benzene ring substituents is 2. The lowest BCUT2D eigenvalue weighted by molar-refractivity contribution is -0.385. The van der Waals surface area contributed by atoms with Crippen molar-refractivity contribution in [2.75, 3.05) is 14.2 Å². The van der Waals surface area contributed by atoms with E-state index in [-0.39, 0.29) is 11.4 Å². The maximum Gasteiger partial charge on any atom is 0.321 e. The van der Waals surface area contributed by atoms with Crippen molar-refractivity contribution < 1.29 is 28.9 Å². The molecule has 0 fully saturated rings. The molecule has 0 spiro atoms. The highest BCUT2D eigenvalue weighted by atomic mass is 16.6. The number of carbonyl (C=O) groups excluding carboxylic acids is 2. The molecule has 30 heavy (non-hydrogen) atoms. The standard InChI is InChI=1S/C20H18N2O8/c1-29-19(23)18(20(24)30-2)17(14-6-4-8-16(12-14)22(27)28)10-9-13-5-3-7-15(11-13)21(25)26/h3-12,17-18H,1-2H3/b10-9+. The minimum absolute atomic E-state index is 0.137. The number of methoxy groups -OCH3 is 2. The summed E-state index contributed by atoms with van der Waals surface area (Å²) in [5, 5.41) is 22.1. The molecule has 1 unspecified atom stereocenters. The highest BCUT2D eigenvalue weighted by Gasteiger charge is 2.37. The first-order chi connectivity index (χ1) is 14.3. The molecule has 0 saturated carbocycles. The average Bonchev–Trinajstić information content (AvgIpc) is 2.75. The van der Waals surface area contributed by atoms with Crippen LogP contribution in [0.4, 0.5) is 11.4 Å². The molecular formula is C20H18N2O8. The minimum atomic E-state index is -1.43. The van der Waals surface area contributed by atoms with Crippen LogP contribution < -0.4 is 0 Å². The van der Waals surface area contributed by atoms with Crippen LogP contribution >= 0.6 is 0 Å². The Labute approximate surface area is 171 Å². The third kappa shape index (κ3) is 5.25. The zero-order chi connectivity index (χ0) is 22.3. The van der Waals surface area contributed by atoms with Crippen molar-refractivity contribution in [2.45, 2.75) is 5.92 Å². The summed E-state index contributed by atoms with van der Waals surface area (Å²) in [7, 11) is 2.21. The number of carbonyl (C=O) groups is 2. The Hall–Kier alpha value is -4.08. The van der Waals surface area contributed by atoms with Gasteiger partial charge in [-0.3, -0.25) is 29.8 Å². The van der Waals surface area contributed by atoms with Gasteiger partial charge in [0.2, 0.25) is 0 Å². The predicted octanol–water partition coefficient (Wildman–Crippen LogP) is 3.26. The van der Waals surface area contributed by atoms with Crippen LogP contribution in [0.25, 0.3) is 6.08 Å². The normalized spacial score (nSPS) is 11.8. The first-order valence-electron chi connectivity index (χ1n) is 8.61. The fourth-order valence-electron chi connectivity index (χ4n) is 2.86. The third-order valence-electron chi connectivity index (χ3n) is 4.31.